The number of amides is 1. The molecule has 0 saturated carbocycles. The van der Waals surface area contributed by atoms with Crippen molar-refractivity contribution < 1.29 is 28.6 Å². The van der Waals surface area contributed by atoms with E-state index < -0.39 is 17.5 Å². The standard InChI is InChI=1S/C23H33NO6/c1-23(2,3)30-22(27)24-14-11-18(12-15-24)13-16-28-20(25)9-10-21(26)29-17-19-7-5-4-6-8-19/h4-8,18H,9-17H2,1-3H3. The van der Waals surface area contributed by atoms with Crippen LogP contribution in [0.4, 0.5) is 4.79 Å². The van der Waals surface area contributed by atoms with Gasteiger partial charge in [-0.25, -0.2) is 4.79 Å². The van der Waals surface area contributed by atoms with Gasteiger partial charge in [-0.3, -0.25) is 9.59 Å². The zero-order chi connectivity index (χ0) is 22.0. The van der Waals surface area contributed by atoms with Crippen molar-refractivity contribution >= 4 is 18.0 Å². The fourth-order valence-electron chi connectivity index (χ4n) is 3.16. The second-order valence-corrected chi connectivity index (χ2v) is 8.57. The van der Waals surface area contributed by atoms with E-state index in [1.54, 1.807) is 4.90 Å². The molecule has 7 heteroatoms. The Bertz CT molecular complexity index is 689. The van der Waals surface area contributed by atoms with Crippen LogP contribution in [0.15, 0.2) is 30.3 Å². The highest BCUT2D eigenvalue weighted by molar-refractivity contribution is 5.77. The number of carbonyl (C=O) groups excluding carboxylic acids is 3. The molecule has 1 saturated heterocycles. The van der Waals surface area contributed by atoms with Gasteiger partial charge in [0.05, 0.1) is 19.4 Å². The molecule has 2 rings (SSSR count). The number of hydrogen-bond acceptors (Lipinski definition) is 6. The van der Waals surface area contributed by atoms with Gasteiger partial charge in [0.25, 0.3) is 0 Å². The molecule has 0 bridgehead atoms. The molecule has 1 aromatic carbocycles. The van der Waals surface area contributed by atoms with E-state index in [1.807, 2.05) is 51.1 Å². The minimum absolute atomic E-state index is 0.0138. The molecule has 0 aromatic heterocycles. The lowest BCUT2D eigenvalue weighted by molar-refractivity contribution is -0.151. The van der Waals surface area contributed by atoms with Crippen molar-refractivity contribution in [2.75, 3.05) is 19.7 Å². The number of piperidine rings is 1. The lowest BCUT2D eigenvalue weighted by Gasteiger charge is -2.33. The first-order chi connectivity index (χ1) is 14.2. The van der Waals surface area contributed by atoms with Gasteiger partial charge in [-0.15, -0.1) is 0 Å². The summed E-state index contributed by atoms with van der Waals surface area (Å²) in [5, 5.41) is 0. The van der Waals surface area contributed by atoms with Crippen molar-refractivity contribution in [2.45, 2.75) is 65.1 Å². The maximum Gasteiger partial charge on any atom is 0.410 e. The maximum absolute atomic E-state index is 12.1. The van der Waals surface area contributed by atoms with Crippen LogP contribution in [0, 0.1) is 5.92 Å². The molecule has 1 heterocycles. The average molecular weight is 420 g/mol. The molecule has 1 amide bonds. The van der Waals surface area contributed by atoms with Crippen LogP contribution in [0.1, 0.15) is 58.4 Å². The number of likely N-dealkylation sites (tertiary alicyclic amines) is 1. The van der Waals surface area contributed by atoms with Crippen molar-refractivity contribution in [1.29, 1.82) is 0 Å². The highest BCUT2D eigenvalue weighted by Crippen LogP contribution is 2.22. The van der Waals surface area contributed by atoms with E-state index >= 15 is 0 Å². The first kappa shape index (κ1) is 23.7. The van der Waals surface area contributed by atoms with Crippen molar-refractivity contribution in [3.8, 4) is 0 Å². The van der Waals surface area contributed by atoms with E-state index in [0.29, 0.717) is 25.6 Å². The molecular formula is C23H33NO6. The van der Waals surface area contributed by atoms with E-state index in [9.17, 15) is 14.4 Å². The fraction of sp³-hybridized carbons (Fsp3) is 0.609. The Hall–Kier alpha value is -2.57. The fourth-order valence-corrected chi connectivity index (χ4v) is 3.16. The van der Waals surface area contributed by atoms with Crippen LogP contribution in [-0.4, -0.2) is 48.2 Å². The summed E-state index contributed by atoms with van der Waals surface area (Å²) in [6, 6.07) is 9.40. The predicted octanol–water partition coefficient (Wildman–Crippen LogP) is 4.09. The Morgan fingerprint density at radius 1 is 0.967 bits per heavy atom. The largest absolute Gasteiger partial charge is 0.466 e. The summed E-state index contributed by atoms with van der Waals surface area (Å²) in [5.74, 6) is -0.393. The SMILES string of the molecule is CC(C)(C)OC(=O)N1CCC(CCOC(=O)CCC(=O)OCc2ccccc2)CC1. The maximum atomic E-state index is 12.1. The van der Waals surface area contributed by atoms with Gasteiger partial charge in [-0.1, -0.05) is 30.3 Å². The normalized spacial score (nSPS) is 14.8. The smallest absolute Gasteiger partial charge is 0.410 e. The number of esters is 2. The summed E-state index contributed by atoms with van der Waals surface area (Å²) in [4.78, 5) is 37.4. The third kappa shape index (κ3) is 9.29. The van der Waals surface area contributed by atoms with Gasteiger partial charge < -0.3 is 19.1 Å². The molecule has 0 aliphatic carbocycles. The first-order valence-corrected chi connectivity index (χ1v) is 10.6. The van der Waals surface area contributed by atoms with Crippen LogP contribution >= 0.6 is 0 Å². The third-order valence-electron chi connectivity index (χ3n) is 4.83. The molecule has 0 radical (unpaired) electrons. The molecule has 1 aliphatic heterocycles. The highest BCUT2D eigenvalue weighted by Gasteiger charge is 2.26. The predicted molar refractivity (Wildman–Crippen MR) is 112 cm³/mol. The van der Waals surface area contributed by atoms with Gasteiger partial charge in [0.2, 0.25) is 0 Å². The Morgan fingerprint density at radius 3 is 2.17 bits per heavy atom. The van der Waals surface area contributed by atoms with Crippen LogP contribution in [0.3, 0.4) is 0 Å². The molecule has 1 aliphatic rings. The van der Waals surface area contributed by atoms with Gasteiger partial charge in [-0.2, -0.15) is 0 Å². The third-order valence-corrected chi connectivity index (χ3v) is 4.83. The molecular weight excluding hydrogens is 386 g/mol. The van der Waals surface area contributed by atoms with Gasteiger partial charge in [0, 0.05) is 13.1 Å². The van der Waals surface area contributed by atoms with Gasteiger partial charge in [0.15, 0.2) is 0 Å². The second-order valence-electron chi connectivity index (χ2n) is 8.57. The van der Waals surface area contributed by atoms with E-state index in [2.05, 4.69) is 0 Å². The minimum atomic E-state index is -0.490. The number of benzene rings is 1. The van der Waals surface area contributed by atoms with Crippen LogP contribution in [0.2, 0.25) is 0 Å². The Morgan fingerprint density at radius 2 is 1.57 bits per heavy atom. The number of ether oxygens (including phenoxy) is 3. The average Bonchev–Trinajstić information content (AvgIpc) is 2.70. The van der Waals surface area contributed by atoms with Crippen molar-refractivity contribution in [3.05, 3.63) is 35.9 Å². The van der Waals surface area contributed by atoms with E-state index in [-0.39, 0.29) is 25.5 Å². The lowest BCUT2D eigenvalue weighted by atomic mass is 9.94. The van der Waals surface area contributed by atoms with Crippen molar-refractivity contribution in [1.82, 2.24) is 4.90 Å². The second kappa shape index (κ2) is 11.6. The molecule has 0 N–H and O–H groups in total. The van der Waals surface area contributed by atoms with Crippen LogP contribution in [-0.2, 0) is 30.4 Å². The molecule has 166 valence electrons. The zero-order valence-electron chi connectivity index (χ0n) is 18.2. The minimum Gasteiger partial charge on any atom is -0.466 e. The van der Waals surface area contributed by atoms with E-state index in [4.69, 9.17) is 14.2 Å². The number of hydrogen-bond donors (Lipinski definition) is 0. The summed E-state index contributed by atoms with van der Waals surface area (Å²) in [5.41, 5.74) is 0.418. The molecule has 1 fully saturated rings. The molecule has 1 aromatic rings. The summed E-state index contributed by atoms with van der Waals surface area (Å²) in [6.07, 6.45) is 2.24. The highest BCUT2D eigenvalue weighted by atomic mass is 16.6. The molecule has 0 atom stereocenters. The topological polar surface area (TPSA) is 82.1 Å². The van der Waals surface area contributed by atoms with Crippen LogP contribution < -0.4 is 0 Å². The van der Waals surface area contributed by atoms with Crippen LogP contribution in [0.25, 0.3) is 0 Å². The van der Waals surface area contributed by atoms with E-state index in [1.165, 1.54) is 0 Å². The summed E-state index contributed by atoms with van der Waals surface area (Å²) in [6.45, 7) is 7.41. The lowest BCUT2D eigenvalue weighted by Crippen LogP contribution is -2.41. The van der Waals surface area contributed by atoms with Crippen LogP contribution in [0.5, 0.6) is 0 Å². The number of carbonyl (C=O) groups is 3. The Kier molecular flexibility index (Phi) is 9.15. The van der Waals surface area contributed by atoms with Crippen molar-refractivity contribution in [3.63, 3.8) is 0 Å². The molecule has 0 spiro atoms. The van der Waals surface area contributed by atoms with Crippen molar-refractivity contribution in [2.24, 2.45) is 5.92 Å². The summed E-state index contributed by atoms with van der Waals surface area (Å²) >= 11 is 0. The summed E-state index contributed by atoms with van der Waals surface area (Å²) in [7, 11) is 0. The summed E-state index contributed by atoms with van der Waals surface area (Å²) < 4.78 is 15.8. The molecule has 0 unspecified atom stereocenters. The first-order valence-electron chi connectivity index (χ1n) is 10.6. The Labute approximate surface area is 178 Å². The van der Waals surface area contributed by atoms with Gasteiger partial charge in [0.1, 0.15) is 12.2 Å². The molecule has 7 nitrogen and oxygen atoms in total. The quantitative estimate of drug-likeness (QED) is 0.466. The number of rotatable bonds is 8. The van der Waals surface area contributed by atoms with E-state index in [0.717, 1.165) is 24.8 Å². The molecule has 30 heavy (non-hydrogen) atoms. The zero-order valence-corrected chi connectivity index (χ0v) is 18.2. The van der Waals surface area contributed by atoms with Gasteiger partial charge >= 0.3 is 18.0 Å². The monoisotopic (exact) mass is 419 g/mol. The van der Waals surface area contributed by atoms with Gasteiger partial charge in [-0.05, 0) is 51.5 Å². The Balaban J connectivity index is 1.54. The number of nitrogens with zero attached hydrogens (tertiary/aromatic N) is 1.